The standard InChI is InChI=1S/C49H34N2/c1-3-15-33(16-4-1)34-29-31-36(32-30-34)50-44-26-14-27-45(47(44)35-17-5-2-6-18-35)51-46-28-13-22-40-39-21-9-12-25-43(39)49(48(40)46)41-23-10-7-19-37(41)38-20-8-11-24-42(38)49/h1-32,50-51H. The van der Waals surface area contributed by atoms with Crippen LogP contribution in [0.15, 0.2) is 194 Å². The highest BCUT2D eigenvalue weighted by molar-refractivity contribution is 5.99. The Balaban J connectivity index is 1.14. The van der Waals surface area contributed by atoms with Crippen LogP contribution >= 0.6 is 0 Å². The fraction of sp³-hybridized carbons (Fsp3) is 0.0204. The summed E-state index contributed by atoms with van der Waals surface area (Å²) in [4.78, 5) is 0. The van der Waals surface area contributed by atoms with Crippen LogP contribution in [0.4, 0.5) is 22.7 Å². The van der Waals surface area contributed by atoms with E-state index in [1.54, 1.807) is 0 Å². The Bertz CT molecular complexity index is 2500. The van der Waals surface area contributed by atoms with Crippen LogP contribution in [0.2, 0.25) is 0 Å². The summed E-state index contributed by atoms with van der Waals surface area (Å²) in [5.41, 5.74) is 19.0. The smallest absolute Gasteiger partial charge is 0.0745 e. The summed E-state index contributed by atoms with van der Waals surface area (Å²) in [5.74, 6) is 0. The van der Waals surface area contributed by atoms with Crippen molar-refractivity contribution in [2.75, 3.05) is 10.6 Å². The first-order valence-corrected chi connectivity index (χ1v) is 17.6. The molecule has 0 fully saturated rings. The summed E-state index contributed by atoms with van der Waals surface area (Å²) in [6.07, 6.45) is 0. The third-order valence-corrected chi connectivity index (χ3v) is 10.7. The minimum Gasteiger partial charge on any atom is -0.355 e. The maximum Gasteiger partial charge on any atom is 0.0745 e. The second kappa shape index (κ2) is 11.8. The molecule has 0 aliphatic heterocycles. The zero-order chi connectivity index (χ0) is 33.8. The molecular formula is C49H34N2. The van der Waals surface area contributed by atoms with Crippen LogP contribution < -0.4 is 10.6 Å². The molecule has 8 aromatic rings. The zero-order valence-corrected chi connectivity index (χ0v) is 28.0. The fourth-order valence-corrected chi connectivity index (χ4v) is 8.61. The van der Waals surface area contributed by atoms with Gasteiger partial charge in [0.15, 0.2) is 0 Å². The third kappa shape index (κ3) is 4.50. The van der Waals surface area contributed by atoms with Gasteiger partial charge in [-0.3, -0.25) is 0 Å². The summed E-state index contributed by atoms with van der Waals surface area (Å²) in [6.45, 7) is 0. The van der Waals surface area contributed by atoms with Gasteiger partial charge in [-0.1, -0.05) is 164 Å². The van der Waals surface area contributed by atoms with Crippen molar-refractivity contribution in [3.8, 4) is 44.5 Å². The second-order valence-corrected chi connectivity index (χ2v) is 13.4. The van der Waals surface area contributed by atoms with Crippen LogP contribution in [0.1, 0.15) is 22.3 Å². The molecule has 51 heavy (non-hydrogen) atoms. The number of anilines is 4. The maximum atomic E-state index is 4.04. The highest BCUT2D eigenvalue weighted by atomic mass is 14.9. The van der Waals surface area contributed by atoms with E-state index < -0.39 is 5.41 Å². The number of benzene rings is 8. The molecule has 10 rings (SSSR count). The lowest BCUT2D eigenvalue weighted by Gasteiger charge is -2.32. The first kappa shape index (κ1) is 29.3. The molecule has 2 aliphatic carbocycles. The van der Waals surface area contributed by atoms with E-state index in [2.05, 4.69) is 205 Å². The van der Waals surface area contributed by atoms with E-state index in [0.717, 1.165) is 33.9 Å². The van der Waals surface area contributed by atoms with Crippen molar-refractivity contribution in [1.82, 2.24) is 0 Å². The molecular weight excluding hydrogens is 617 g/mol. The maximum absolute atomic E-state index is 4.04. The lowest BCUT2D eigenvalue weighted by molar-refractivity contribution is 0.796. The molecule has 0 saturated carbocycles. The van der Waals surface area contributed by atoms with Crippen LogP contribution in [0.3, 0.4) is 0 Å². The number of rotatable bonds is 6. The van der Waals surface area contributed by atoms with Gasteiger partial charge in [0.2, 0.25) is 0 Å². The molecule has 1 spiro atoms. The van der Waals surface area contributed by atoms with Gasteiger partial charge in [0, 0.05) is 33.9 Å². The van der Waals surface area contributed by atoms with Crippen LogP contribution in [0.5, 0.6) is 0 Å². The predicted molar refractivity (Wildman–Crippen MR) is 213 cm³/mol. The van der Waals surface area contributed by atoms with E-state index in [4.69, 9.17) is 0 Å². The van der Waals surface area contributed by atoms with Crippen molar-refractivity contribution in [3.63, 3.8) is 0 Å². The molecule has 0 heterocycles. The van der Waals surface area contributed by atoms with Gasteiger partial charge in [-0.2, -0.15) is 0 Å². The van der Waals surface area contributed by atoms with E-state index in [-0.39, 0.29) is 0 Å². The fourth-order valence-electron chi connectivity index (χ4n) is 8.61. The molecule has 0 amide bonds. The number of hydrogen-bond donors (Lipinski definition) is 2. The molecule has 0 saturated heterocycles. The number of hydrogen-bond acceptors (Lipinski definition) is 2. The largest absolute Gasteiger partial charge is 0.355 e. The average molecular weight is 651 g/mol. The Morgan fingerprint density at radius 2 is 0.725 bits per heavy atom. The number of nitrogens with one attached hydrogen (secondary N) is 2. The topological polar surface area (TPSA) is 24.1 Å². The minimum atomic E-state index is -0.439. The van der Waals surface area contributed by atoms with Crippen LogP contribution in [0.25, 0.3) is 44.5 Å². The highest BCUT2D eigenvalue weighted by Crippen LogP contribution is 2.64. The van der Waals surface area contributed by atoms with Gasteiger partial charge in [-0.05, 0) is 86.0 Å². The third-order valence-electron chi connectivity index (χ3n) is 10.7. The Morgan fingerprint density at radius 3 is 1.33 bits per heavy atom. The Hall–Kier alpha value is -6.64. The number of fused-ring (bicyclic) bond motifs is 10. The quantitative estimate of drug-likeness (QED) is 0.187. The molecule has 0 bridgehead atoms. The van der Waals surface area contributed by atoms with E-state index in [1.165, 1.54) is 55.6 Å². The summed E-state index contributed by atoms with van der Waals surface area (Å²) in [6, 6.07) is 70.1. The van der Waals surface area contributed by atoms with Gasteiger partial charge in [-0.15, -0.1) is 0 Å². The highest BCUT2D eigenvalue weighted by Gasteiger charge is 2.52. The van der Waals surface area contributed by atoms with Gasteiger partial charge in [-0.25, -0.2) is 0 Å². The van der Waals surface area contributed by atoms with E-state index in [0.29, 0.717) is 0 Å². The van der Waals surface area contributed by atoms with Gasteiger partial charge < -0.3 is 10.6 Å². The van der Waals surface area contributed by atoms with Gasteiger partial charge in [0.25, 0.3) is 0 Å². The van der Waals surface area contributed by atoms with E-state index >= 15 is 0 Å². The molecule has 0 atom stereocenters. The predicted octanol–water partition coefficient (Wildman–Crippen LogP) is 12.9. The van der Waals surface area contributed by atoms with Gasteiger partial charge in [0.1, 0.15) is 0 Å². The lowest BCUT2D eigenvalue weighted by Crippen LogP contribution is -2.26. The first-order valence-electron chi connectivity index (χ1n) is 17.6. The zero-order valence-electron chi connectivity index (χ0n) is 28.0. The van der Waals surface area contributed by atoms with Crippen LogP contribution in [-0.2, 0) is 5.41 Å². The summed E-state index contributed by atoms with van der Waals surface area (Å²) >= 11 is 0. The van der Waals surface area contributed by atoms with Crippen molar-refractivity contribution >= 4 is 22.7 Å². The van der Waals surface area contributed by atoms with Gasteiger partial charge in [0.05, 0.1) is 5.41 Å². The lowest BCUT2D eigenvalue weighted by atomic mass is 9.70. The SMILES string of the molecule is c1ccc(-c2ccc(Nc3cccc(Nc4cccc5c4C4(c6ccccc6-c6ccccc64)c4ccccc4-5)c3-c3ccccc3)cc2)cc1. The van der Waals surface area contributed by atoms with Crippen molar-refractivity contribution in [2.45, 2.75) is 5.41 Å². The summed E-state index contributed by atoms with van der Waals surface area (Å²) < 4.78 is 0. The molecule has 0 unspecified atom stereocenters. The molecule has 2 nitrogen and oxygen atoms in total. The Morgan fingerprint density at radius 1 is 0.294 bits per heavy atom. The van der Waals surface area contributed by atoms with Crippen molar-refractivity contribution in [2.24, 2.45) is 0 Å². The monoisotopic (exact) mass is 650 g/mol. The van der Waals surface area contributed by atoms with E-state index in [9.17, 15) is 0 Å². The molecule has 8 aromatic carbocycles. The van der Waals surface area contributed by atoms with Crippen LogP contribution in [-0.4, -0.2) is 0 Å². The molecule has 2 N–H and O–H groups in total. The molecule has 0 aromatic heterocycles. The molecule has 0 radical (unpaired) electrons. The van der Waals surface area contributed by atoms with E-state index in [1.807, 2.05) is 0 Å². The average Bonchev–Trinajstić information content (AvgIpc) is 3.67. The summed E-state index contributed by atoms with van der Waals surface area (Å²) in [7, 11) is 0. The van der Waals surface area contributed by atoms with Crippen molar-refractivity contribution < 1.29 is 0 Å². The van der Waals surface area contributed by atoms with Gasteiger partial charge >= 0.3 is 0 Å². The van der Waals surface area contributed by atoms with Crippen molar-refractivity contribution in [3.05, 3.63) is 216 Å². The second-order valence-electron chi connectivity index (χ2n) is 13.4. The molecule has 240 valence electrons. The van der Waals surface area contributed by atoms with Crippen LogP contribution in [0, 0.1) is 0 Å². The molecule has 2 heteroatoms. The van der Waals surface area contributed by atoms with Crippen molar-refractivity contribution in [1.29, 1.82) is 0 Å². The molecule has 2 aliphatic rings. The normalized spacial score (nSPS) is 12.9. The Labute approximate surface area is 298 Å². The summed E-state index contributed by atoms with van der Waals surface area (Å²) in [5, 5.41) is 7.81. The Kier molecular flexibility index (Phi) is 6.75. The minimum absolute atomic E-state index is 0.439. The first-order chi connectivity index (χ1) is 25.3.